The van der Waals surface area contributed by atoms with Gasteiger partial charge in [0.05, 0.1) is 6.61 Å². The molecule has 18 heavy (non-hydrogen) atoms. The van der Waals surface area contributed by atoms with Crippen molar-refractivity contribution >= 4 is 6.01 Å². The van der Waals surface area contributed by atoms with Gasteiger partial charge in [-0.05, 0) is 30.7 Å². The second-order valence-electron chi connectivity index (χ2n) is 3.80. The van der Waals surface area contributed by atoms with Gasteiger partial charge >= 0.3 is 6.01 Å². The number of hydrogen-bond donors (Lipinski definition) is 1. The van der Waals surface area contributed by atoms with Gasteiger partial charge < -0.3 is 14.6 Å². The van der Waals surface area contributed by atoms with Gasteiger partial charge in [0.15, 0.2) is 0 Å². The predicted octanol–water partition coefficient (Wildman–Crippen LogP) is 2.24. The Kier molecular flexibility index (Phi) is 3.88. The molecule has 0 radical (unpaired) electrons. The molecule has 5 nitrogen and oxygen atoms in total. The van der Waals surface area contributed by atoms with Crippen molar-refractivity contribution < 1.29 is 13.7 Å². The van der Waals surface area contributed by atoms with E-state index in [1.807, 2.05) is 0 Å². The van der Waals surface area contributed by atoms with Crippen molar-refractivity contribution in [3.05, 3.63) is 29.6 Å². The number of halogens is 1. The molecule has 1 heterocycles. The van der Waals surface area contributed by atoms with E-state index in [9.17, 15) is 4.39 Å². The van der Waals surface area contributed by atoms with Gasteiger partial charge in [-0.1, -0.05) is 5.16 Å². The first kappa shape index (κ1) is 12.5. The molecule has 6 heteroatoms. The fourth-order valence-electron chi connectivity index (χ4n) is 1.54. The van der Waals surface area contributed by atoms with Gasteiger partial charge in [-0.25, -0.2) is 4.39 Å². The van der Waals surface area contributed by atoms with E-state index in [0.29, 0.717) is 25.0 Å². The van der Waals surface area contributed by atoms with E-state index in [2.05, 4.69) is 15.5 Å². The minimum atomic E-state index is -0.279. The first-order valence-electron chi connectivity index (χ1n) is 5.54. The molecule has 0 aliphatic heterocycles. The molecule has 0 saturated carbocycles. The van der Waals surface area contributed by atoms with Crippen molar-refractivity contribution in [2.75, 3.05) is 25.6 Å². The molecule has 0 amide bonds. The summed E-state index contributed by atoms with van der Waals surface area (Å²) in [6, 6.07) is 4.76. The average molecular weight is 251 g/mol. The summed E-state index contributed by atoms with van der Waals surface area (Å²) in [6.07, 6.45) is 0. The maximum atomic E-state index is 13.0. The summed E-state index contributed by atoms with van der Waals surface area (Å²) in [7, 11) is 1.61. The number of nitrogens with zero attached hydrogens (tertiary/aromatic N) is 2. The molecule has 2 rings (SSSR count). The quantitative estimate of drug-likeness (QED) is 0.826. The Morgan fingerprint density at radius 2 is 2.28 bits per heavy atom. The number of anilines is 1. The average Bonchev–Trinajstić information content (AvgIpc) is 2.78. The lowest BCUT2D eigenvalue weighted by atomic mass is 10.1. The third-order valence-corrected chi connectivity index (χ3v) is 2.44. The van der Waals surface area contributed by atoms with Crippen molar-refractivity contribution in [1.82, 2.24) is 10.1 Å². The smallest absolute Gasteiger partial charge is 0.321 e. The highest BCUT2D eigenvalue weighted by molar-refractivity contribution is 5.60. The second kappa shape index (κ2) is 5.59. The maximum Gasteiger partial charge on any atom is 0.321 e. The number of nitrogens with one attached hydrogen (secondary N) is 1. The van der Waals surface area contributed by atoms with Crippen LogP contribution in [0.2, 0.25) is 0 Å². The van der Waals surface area contributed by atoms with Crippen LogP contribution in [0.1, 0.15) is 5.56 Å². The highest BCUT2D eigenvalue weighted by atomic mass is 19.1. The summed E-state index contributed by atoms with van der Waals surface area (Å²) in [5.74, 6) is 0.158. The van der Waals surface area contributed by atoms with Gasteiger partial charge in [-0.15, -0.1) is 0 Å². The van der Waals surface area contributed by atoms with Gasteiger partial charge in [0.1, 0.15) is 5.82 Å². The number of methoxy groups -OCH3 is 1. The lowest BCUT2D eigenvalue weighted by Gasteiger charge is -2.00. The Bertz CT molecular complexity index is 528. The maximum absolute atomic E-state index is 13.0. The first-order chi connectivity index (χ1) is 8.70. The van der Waals surface area contributed by atoms with Crippen LogP contribution < -0.4 is 5.32 Å². The number of aryl methyl sites for hydroxylation is 1. The molecule has 0 aliphatic carbocycles. The van der Waals surface area contributed by atoms with E-state index < -0.39 is 0 Å². The summed E-state index contributed by atoms with van der Waals surface area (Å²) < 4.78 is 22.9. The first-order valence-corrected chi connectivity index (χ1v) is 5.54. The van der Waals surface area contributed by atoms with Gasteiger partial charge in [0.2, 0.25) is 5.82 Å². The largest absolute Gasteiger partial charge is 0.383 e. The summed E-state index contributed by atoms with van der Waals surface area (Å²) in [5, 5.41) is 6.77. The highest BCUT2D eigenvalue weighted by Crippen LogP contribution is 2.22. The van der Waals surface area contributed by atoms with Crippen LogP contribution in [0.4, 0.5) is 10.4 Å². The zero-order chi connectivity index (χ0) is 13.0. The second-order valence-corrected chi connectivity index (χ2v) is 3.80. The predicted molar refractivity (Wildman–Crippen MR) is 64.8 cm³/mol. The van der Waals surface area contributed by atoms with Crippen LogP contribution in [0.5, 0.6) is 0 Å². The molecule has 0 fully saturated rings. The van der Waals surface area contributed by atoms with Crippen molar-refractivity contribution in [2.24, 2.45) is 0 Å². The zero-order valence-corrected chi connectivity index (χ0v) is 10.2. The zero-order valence-electron chi connectivity index (χ0n) is 10.2. The van der Waals surface area contributed by atoms with E-state index >= 15 is 0 Å². The van der Waals surface area contributed by atoms with Gasteiger partial charge in [0.25, 0.3) is 0 Å². The Morgan fingerprint density at radius 1 is 1.44 bits per heavy atom. The van der Waals surface area contributed by atoms with Crippen LogP contribution in [-0.2, 0) is 4.74 Å². The number of rotatable bonds is 5. The lowest BCUT2D eigenvalue weighted by molar-refractivity contribution is 0.210. The van der Waals surface area contributed by atoms with Gasteiger partial charge in [-0.2, -0.15) is 4.98 Å². The topological polar surface area (TPSA) is 60.2 Å². The van der Waals surface area contributed by atoms with Crippen molar-refractivity contribution in [3.63, 3.8) is 0 Å². The van der Waals surface area contributed by atoms with Crippen LogP contribution in [0.3, 0.4) is 0 Å². The molecule has 2 aromatic rings. The van der Waals surface area contributed by atoms with Crippen molar-refractivity contribution in [3.8, 4) is 11.4 Å². The minimum Gasteiger partial charge on any atom is -0.383 e. The van der Waals surface area contributed by atoms with E-state index in [0.717, 1.165) is 11.1 Å². The molecule has 1 aromatic carbocycles. The fourth-order valence-corrected chi connectivity index (χ4v) is 1.54. The van der Waals surface area contributed by atoms with Gasteiger partial charge in [0, 0.05) is 19.2 Å². The Morgan fingerprint density at radius 3 is 3.00 bits per heavy atom. The van der Waals surface area contributed by atoms with Gasteiger partial charge in [-0.3, -0.25) is 0 Å². The Hall–Kier alpha value is -1.95. The van der Waals surface area contributed by atoms with E-state index in [1.54, 1.807) is 20.1 Å². The molecule has 0 atom stereocenters. The van der Waals surface area contributed by atoms with Crippen LogP contribution in [0, 0.1) is 12.7 Å². The Balaban J connectivity index is 2.13. The number of hydrogen-bond acceptors (Lipinski definition) is 5. The molecule has 1 N–H and O–H groups in total. The molecule has 0 spiro atoms. The third-order valence-electron chi connectivity index (χ3n) is 2.44. The Labute approximate surface area is 104 Å². The molecule has 0 unspecified atom stereocenters. The summed E-state index contributed by atoms with van der Waals surface area (Å²) >= 11 is 0. The summed E-state index contributed by atoms with van der Waals surface area (Å²) in [4.78, 5) is 4.18. The highest BCUT2D eigenvalue weighted by Gasteiger charge is 2.10. The van der Waals surface area contributed by atoms with E-state index in [-0.39, 0.29) is 5.82 Å². The minimum absolute atomic E-state index is 0.279. The SMILES string of the molecule is COCCNc1nc(-c2ccc(F)cc2C)no1. The number of ether oxygens (including phenoxy) is 1. The normalized spacial score (nSPS) is 10.6. The fraction of sp³-hybridized carbons (Fsp3) is 0.333. The van der Waals surface area contributed by atoms with Crippen LogP contribution in [-0.4, -0.2) is 30.4 Å². The monoisotopic (exact) mass is 251 g/mol. The molecule has 0 saturated heterocycles. The number of aromatic nitrogens is 2. The molecule has 96 valence electrons. The lowest BCUT2D eigenvalue weighted by Crippen LogP contribution is -2.07. The molecular formula is C12H14FN3O2. The summed E-state index contributed by atoms with van der Waals surface area (Å²) in [5.41, 5.74) is 1.51. The molecular weight excluding hydrogens is 237 g/mol. The van der Waals surface area contributed by atoms with Crippen molar-refractivity contribution in [2.45, 2.75) is 6.92 Å². The van der Waals surface area contributed by atoms with Crippen molar-refractivity contribution in [1.29, 1.82) is 0 Å². The van der Waals surface area contributed by atoms with Crippen LogP contribution in [0.15, 0.2) is 22.7 Å². The summed E-state index contributed by atoms with van der Waals surface area (Å²) in [6.45, 7) is 2.93. The third kappa shape index (κ3) is 2.84. The molecule has 1 aromatic heterocycles. The van der Waals surface area contributed by atoms with E-state index in [1.165, 1.54) is 12.1 Å². The van der Waals surface area contributed by atoms with E-state index in [4.69, 9.17) is 9.26 Å². The molecule has 0 aliphatic rings. The van der Waals surface area contributed by atoms with Crippen LogP contribution >= 0.6 is 0 Å². The van der Waals surface area contributed by atoms with Crippen LogP contribution in [0.25, 0.3) is 11.4 Å². The number of benzene rings is 1. The molecule has 0 bridgehead atoms. The standard InChI is InChI=1S/C12H14FN3O2/c1-8-7-9(13)3-4-10(8)11-15-12(18-16-11)14-5-6-17-2/h3-4,7H,5-6H2,1-2H3,(H,14,15,16).